The van der Waals surface area contributed by atoms with E-state index in [0.717, 1.165) is 68.4 Å². The van der Waals surface area contributed by atoms with Gasteiger partial charge in [-0.2, -0.15) is 0 Å². The van der Waals surface area contributed by atoms with Gasteiger partial charge in [0, 0.05) is 33.4 Å². The molecule has 2 heterocycles. The van der Waals surface area contributed by atoms with E-state index in [1.165, 1.54) is 0 Å². The van der Waals surface area contributed by atoms with Crippen molar-refractivity contribution in [1.82, 2.24) is 20.2 Å². The van der Waals surface area contributed by atoms with Gasteiger partial charge in [-0.3, -0.25) is 0 Å². The molecule has 156 valence electrons. The highest BCUT2D eigenvalue weighted by Gasteiger charge is 2.14. The molecule has 1 atom stereocenters. The van der Waals surface area contributed by atoms with Crippen molar-refractivity contribution in [3.63, 3.8) is 0 Å². The highest BCUT2D eigenvalue weighted by atomic mass is 127. The van der Waals surface area contributed by atoms with E-state index in [4.69, 9.17) is 9.47 Å². The van der Waals surface area contributed by atoms with Crippen molar-refractivity contribution in [3.05, 3.63) is 30.1 Å². The molecule has 3 rings (SSSR count). The van der Waals surface area contributed by atoms with Crippen LogP contribution in [0.15, 0.2) is 29.3 Å². The standard InChI is InChI=1S/C20H31N5O2.HI/c1-3-21-20(22-11-7-12-26-15-16-8-6-13-27-16)23-14-19-24-17-9-4-5-10-18(17)25(19)2;/h4-5,9-10,16H,3,6-8,11-15H2,1-2H3,(H2,21,22,23);1H. The molecule has 1 aromatic heterocycles. The quantitative estimate of drug-likeness (QED) is 0.239. The van der Waals surface area contributed by atoms with Crippen LogP contribution in [0.1, 0.15) is 32.0 Å². The van der Waals surface area contributed by atoms with Crippen LogP contribution in [0.5, 0.6) is 0 Å². The summed E-state index contributed by atoms with van der Waals surface area (Å²) in [7, 11) is 2.03. The number of imidazole rings is 1. The van der Waals surface area contributed by atoms with Gasteiger partial charge < -0.3 is 24.7 Å². The number of guanidine groups is 1. The fourth-order valence-corrected chi connectivity index (χ4v) is 3.20. The summed E-state index contributed by atoms with van der Waals surface area (Å²) in [6, 6.07) is 8.15. The van der Waals surface area contributed by atoms with Gasteiger partial charge in [0.2, 0.25) is 0 Å². The predicted octanol–water partition coefficient (Wildman–Crippen LogP) is 2.83. The van der Waals surface area contributed by atoms with E-state index >= 15 is 0 Å². The number of para-hydroxylation sites is 2. The molecular formula is C20H32IN5O2. The molecule has 0 spiro atoms. The van der Waals surface area contributed by atoms with E-state index in [0.29, 0.717) is 19.3 Å². The molecule has 0 radical (unpaired) electrons. The van der Waals surface area contributed by atoms with E-state index in [-0.39, 0.29) is 24.0 Å². The van der Waals surface area contributed by atoms with Crippen LogP contribution in [0.25, 0.3) is 11.0 Å². The fraction of sp³-hybridized carbons (Fsp3) is 0.600. The number of aryl methyl sites for hydroxylation is 1. The zero-order valence-corrected chi connectivity index (χ0v) is 19.1. The third-order valence-corrected chi connectivity index (χ3v) is 4.69. The number of halogens is 1. The lowest BCUT2D eigenvalue weighted by Gasteiger charge is -2.12. The second-order valence-electron chi connectivity index (χ2n) is 6.76. The Labute approximate surface area is 184 Å². The number of aliphatic imine (C=N–C) groups is 1. The van der Waals surface area contributed by atoms with Crippen LogP contribution in [0, 0.1) is 0 Å². The molecule has 2 aromatic rings. The Bertz CT molecular complexity index is 743. The van der Waals surface area contributed by atoms with Crippen molar-refractivity contribution in [2.75, 3.05) is 32.9 Å². The van der Waals surface area contributed by atoms with Crippen molar-refractivity contribution in [2.24, 2.45) is 12.0 Å². The van der Waals surface area contributed by atoms with E-state index in [1.54, 1.807) is 0 Å². The van der Waals surface area contributed by atoms with Crippen LogP contribution >= 0.6 is 24.0 Å². The molecular weight excluding hydrogens is 469 g/mol. The van der Waals surface area contributed by atoms with Crippen LogP contribution < -0.4 is 10.6 Å². The normalized spacial score (nSPS) is 16.9. The first kappa shape index (κ1) is 22.9. The molecule has 0 aliphatic carbocycles. The van der Waals surface area contributed by atoms with Gasteiger partial charge in [0.1, 0.15) is 12.4 Å². The topological polar surface area (TPSA) is 72.7 Å². The van der Waals surface area contributed by atoms with Gasteiger partial charge in [0.25, 0.3) is 0 Å². The zero-order valence-electron chi connectivity index (χ0n) is 16.8. The SMILES string of the molecule is CCNC(=NCc1nc2ccccc2n1C)NCCCOCC1CCCO1.I. The Morgan fingerprint density at radius 2 is 2.21 bits per heavy atom. The number of ether oxygens (including phenoxy) is 2. The summed E-state index contributed by atoms with van der Waals surface area (Å²) in [5.74, 6) is 1.76. The first-order chi connectivity index (χ1) is 13.3. The summed E-state index contributed by atoms with van der Waals surface area (Å²) >= 11 is 0. The third-order valence-electron chi connectivity index (χ3n) is 4.69. The zero-order chi connectivity index (χ0) is 18.9. The summed E-state index contributed by atoms with van der Waals surface area (Å²) in [6.45, 7) is 6.57. The van der Waals surface area contributed by atoms with E-state index in [2.05, 4.69) is 38.2 Å². The molecule has 0 saturated carbocycles. The van der Waals surface area contributed by atoms with Gasteiger partial charge in [-0.1, -0.05) is 12.1 Å². The molecule has 1 aliphatic rings. The summed E-state index contributed by atoms with van der Waals surface area (Å²) in [5.41, 5.74) is 2.13. The predicted molar refractivity (Wildman–Crippen MR) is 123 cm³/mol. The maximum Gasteiger partial charge on any atom is 0.191 e. The number of benzene rings is 1. The maximum atomic E-state index is 5.70. The molecule has 1 unspecified atom stereocenters. The van der Waals surface area contributed by atoms with Gasteiger partial charge >= 0.3 is 0 Å². The van der Waals surface area contributed by atoms with Crippen LogP contribution in [0.3, 0.4) is 0 Å². The molecule has 1 aromatic carbocycles. The van der Waals surface area contributed by atoms with Crippen LogP contribution in [-0.4, -0.2) is 54.5 Å². The Balaban J connectivity index is 0.00000280. The molecule has 28 heavy (non-hydrogen) atoms. The second-order valence-corrected chi connectivity index (χ2v) is 6.76. The summed E-state index contributed by atoms with van der Waals surface area (Å²) in [5, 5.41) is 6.65. The van der Waals surface area contributed by atoms with Crippen molar-refractivity contribution in [1.29, 1.82) is 0 Å². The average molecular weight is 501 g/mol. The average Bonchev–Trinajstić information content (AvgIpc) is 3.31. The number of hydrogen-bond donors (Lipinski definition) is 2. The minimum Gasteiger partial charge on any atom is -0.379 e. The Kier molecular flexibility index (Phi) is 10.0. The Hall–Kier alpha value is -1.39. The van der Waals surface area contributed by atoms with Gasteiger partial charge in [-0.15, -0.1) is 24.0 Å². The van der Waals surface area contributed by atoms with Gasteiger partial charge in [0.15, 0.2) is 5.96 Å². The highest BCUT2D eigenvalue weighted by Crippen LogP contribution is 2.14. The monoisotopic (exact) mass is 501 g/mol. The summed E-state index contributed by atoms with van der Waals surface area (Å²) in [4.78, 5) is 9.34. The fourth-order valence-electron chi connectivity index (χ4n) is 3.20. The number of rotatable bonds is 9. The lowest BCUT2D eigenvalue weighted by molar-refractivity contribution is 0.0168. The molecule has 1 aliphatic heterocycles. The molecule has 1 fully saturated rings. The summed E-state index contributed by atoms with van der Waals surface area (Å²) < 4.78 is 13.4. The maximum absolute atomic E-state index is 5.70. The smallest absolute Gasteiger partial charge is 0.191 e. The third kappa shape index (κ3) is 6.59. The Morgan fingerprint density at radius 3 is 2.96 bits per heavy atom. The second kappa shape index (κ2) is 12.2. The molecule has 1 saturated heterocycles. The molecule has 7 nitrogen and oxygen atoms in total. The molecule has 0 bridgehead atoms. The van der Waals surface area contributed by atoms with E-state index < -0.39 is 0 Å². The van der Waals surface area contributed by atoms with Crippen LogP contribution in [0.2, 0.25) is 0 Å². The lowest BCUT2D eigenvalue weighted by Crippen LogP contribution is -2.38. The molecule has 2 N–H and O–H groups in total. The van der Waals surface area contributed by atoms with Gasteiger partial charge in [0.05, 0.1) is 23.7 Å². The molecule has 8 heteroatoms. The van der Waals surface area contributed by atoms with E-state index in [9.17, 15) is 0 Å². The number of hydrogen-bond acceptors (Lipinski definition) is 4. The number of aromatic nitrogens is 2. The largest absolute Gasteiger partial charge is 0.379 e. The number of nitrogens with zero attached hydrogens (tertiary/aromatic N) is 3. The number of nitrogens with one attached hydrogen (secondary N) is 2. The molecule has 0 amide bonds. The highest BCUT2D eigenvalue weighted by molar-refractivity contribution is 14.0. The lowest BCUT2D eigenvalue weighted by atomic mass is 10.2. The van der Waals surface area contributed by atoms with Crippen molar-refractivity contribution < 1.29 is 9.47 Å². The summed E-state index contributed by atoms with van der Waals surface area (Å²) in [6.07, 6.45) is 3.51. The van der Waals surface area contributed by atoms with Crippen LogP contribution in [0.4, 0.5) is 0 Å². The van der Waals surface area contributed by atoms with Crippen molar-refractivity contribution >= 4 is 41.0 Å². The minimum absolute atomic E-state index is 0. The first-order valence-corrected chi connectivity index (χ1v) is 9.89. The first-order valence-electron chi connectivity index (χ1n) is 9.89. The van der Waals surface area contributed by atoms with Crippen molar-refractivity contribution in [2.45, 2.75) is 38.8 Å². The van der Waals surface area contributed by atoms with Crippen LogP contribution in [-0.2, 0) is 23.1 Å². The minimum atomic E-state index is 0. The van der Waals surface area contributed by atoms with Crippen molar-refractivity contribution in [3.8, 4) is 0 Å². The number of fused-ring (bicyclic) bond motifs is 1. The van der Waals surface area contributed by atoms with Gasteiger partial charge in [-0.05, 0) is 38.3 Å². The van der Waals surface area contributed by atoms with E-state index in [1.807, 2.05) is 25.2 Å². The Morgan fingerprint density at radius 1 is 1.36 bits per heavy atom. The van der Waals surface area contributed by atoms with Gasteiger partial charge in [-0.25, -0.2) is 9.98 Å².